The number of halogens is 1. The molecule has 0 fully saturated rings. The van der Waals surface area contributed by atoms with Gasteiger partial charge in [-0.15, -0.1) is 0 Å². The monoisotopic (exact) mass is 383 g/mol. The van der Waals surface area contributed by atoms with Crippen LogP contribution in [0.2, 0.25) is 5.02 Å². The van der Waals surface area contributed by atoms with Crippen molar-refractivity contribution in [1.82, 2.24) is 15.0 Å². The molecule has 0 aliphatic carbocycles. The van der Waals surface area contributed by atoms with E-state index in [1.165, 1.54) is 11.3 Å². The maximum atomic E-state index is 12.9. The Kier molecular flexibility index (Phi) is 4.10. The smallest absolute Gasteiger partial charge is 0.208 e. The highest BCUT2D eigenvalue weighted by Gasteiger charge is 2.21. The lowest BCUT2D eigenvalue weighted by atomic mass is 10.0. The number of hydrogen-bond donors (Lipinski definition) is 3. The van der Waals surface area contributed by atoms with Gasteiger partial charge in [0.1, 0.15) is 10.7 Å². The van der Waals surface area contributed by atoms with Crippen LogP contribution in [-0.4, -0.2) is 20.7 Å². The number of aromatic amines is 1. The van der Waals surface area contributed by atoms with Gasteiger partial charge in [0.2, 0.25) is 5.78 Å². The molecule has 130 valence electrons. The van der Waals surface area contributed by atoms with Crippen LogP contribution in [0.5, 0.6) is 0 Å². The number of hydrogen-bond acceptors (Lipinski definition) is 6. The van der Waals surface area contributed by atoms with Crippen molar-refractivity contribution in [2.75, 3.05) is 11.1 Å². The van der Waals surface area contributed by atoms with E-state index in [0.29, 0.717) is 20.6 Å². The molecule has 0 amide bonds. The SMILES string of the molecule is Cc1cccc(Cl)c1C(=O)c1sc(Nc2ccc3nc[nH]c3c2)nc1N. The summed E-state index contributed by atoms with van der Waals surface area (Å²) in [5.74, 6) is -0.0374. The Morgan fingerprint density at radius 3 is 2.96 bits per heavy atom. The van der Waals surface area contributed by atoms with Crippen molar-refractivity contribution in [3.05, 3.63) is 63.8 Å². The molecule has 0 radical (unpaired) electrons. The predicted molar refractivity (Wildman–Crippen MR) is 106 cm³/mol. The average Bonchev–Trinajstić information content (AvgIpc) is 3.20. The van der Waals surface area contributed by atoms with Crippen molar-refractivity contribution in [2.24, 2.45) is 0 Å². The molecule has 4 rings (SSSR count). The summed E-state index contributed by atoms with van der Waals surface area (Å²) in [5.41, 5.74) is 9.84. The van der Waals surface area contributed by atoms with Crippen LogP contribution in [0.3, 0.4) is 0 Å². The van der Waals surface area contributed by atoms with Gasteiger partial charge in [-0.3, -0.25) is 4.79 Å². The molecule has 26 heavy (non-hydrogen) atoms. The number of H-pyrrole nitrogens is 1. The third-order valence-electron chi connectivity index (χ3n) is 3.98. The maximum absolute atomic E-state index is 12.9. The number of thiazole rings is 1. The van der Waals surface area contributed by atoms with Crippen LogP contribution < -0.4 is 11.1 Å². The van der Waals surface area contributed by atoms with Gasteiger partial charge in [0, 0.05) is 11.3 Å². The molecule has 4 N–H and O–H groups in total. The topological polar surface area (TPSA) is 96.7 Å². The number of nitrogens with two attached hydrogens (primary N) is 1. The molecule has 6 nitrogen and oxygen atoms in total. The molecule has 4 aromatic rings. The van der Waals surface area contributed by atoms with E-state index in [0.717, 1.165) is 22.3 Å². The van der Waals surface area contributed by atoms with E-state index in [4.69, 9.17) is 17.3 Å². The summed E-state index contributed by atoms with van der Waals surface area (Å²) < 4.78 is 0. The van der Waals surface area contributed by atoms with E-state index >= 15 is 0 Å². The first-order valence-electron chi connectivity index (χ1n) is 7.79. The van der Waals surface area contributed by atoms with Crippen molar-refractivity contribution < 1.29 is 4.79 Å². The summed E-state index contributed by atoms with van der Waals surface area (Å²) in [5, 5.41) is 4.12. The fourth-order valence-electron chi connectivity index (χ4n) is 2.72. The third-order valence-corrected chi connectivity index (χ3v) is 5.28. The summed E-state index contributed by atoms with van der Waals surface area (Å²) >= 11 is 7.41. The fourth-order valence-corrected chi connectivity index (χ4v) is 3.88. The zero-order chi connectivity index (χ0) is 18.3. The molecule has 2 aromatic heterocycles. The lowest BCUT2D eigenvalue weighted by molar-refractivity contribution is 0.104. The second kappa shape index (κ2) is 6.44. The van der Waals surface area contributed by atoms with Gasteiger partial charge in [0.15, 0.2) is 5.13 Å². The molecule has 0 unspecified atom stereocenters. The Labute approximate surface area is 158 Å². The summed E-state index contributed by atoms with van der Waals surface area (Å²) in [4.78, 5) is 24.8. The van der Waals surface area contributed by atoms with Crippen molar-refractivity contribution in [1.29, 1.82) is 0 Å². The highest BCUT2D eigenvalue weighted by Crippen LogP contribution is 2.32. The summed E-state index contributed by atoms with van der Waals surface area (Å²) in [6.45, 7) is 1.84. The van der Waals surface area contributed by atoms with Crippen molar-refractivity contribution in [3.63, 3.8) is 0 Å². The van der Waals surface area contributed by atoms with Gasteiger partial charge in [-0.2, -0.15) is 0 Å². The van der Waals surface area contributed by atoms with Gasteiger partial charge in [-0.25, -0.2) is 9.97 Å². The minimum Gasteiger partial charge on any atom is -0.382 e. The van der Waals surface area contributed by atoms with Crippen LogP contribution in [0.15, 0.2) is 42.7 Å². The average molecular weight is 384 g/mol. The minimum atomic E-state index is -0.222. The summed E-state index contributed by atoms with van der Waals surface area (Å²) in [6.07, 6.45) is 1.64. The molecule has 0 atom stereocenters. The highest BCUT2D eigenvalue weighted by molar-refractivity contribution is 7.18. The fraction of sp³-hybridized carbons (Fsp3) is 0.0556. The highest BCUT2D eigenvalue weighted by atomic mass is 35.5. The lowest BCUT2D eigenvalue weighted by Gasteiger charge is -2.05. The van der Waals surface area contributed by atoms with E-state index < -0.39 is 0 Å². The van der Waals surface area contributed by atoms with Crippen LogP contribution in [0, 0.1) is 6.92 Å². The number of fused-ring (bicyclic) bond motifs is 1. The number of imidazole rings is 1. The Morgan fingerprint density at radius 2 is 2.15 bits per heavy atom. The minimum absolute atomic E-state index is 0.185. The number of carbonyl (C=O) groups excluding carboxylic acids is 1. The van der Waals surface area contributed by atoms with Gasteiger partial charge < -0.3 is 16.0 Å². The van der Waals surface area contributed by atoms with Crippen LogP contribution in [0.1, 0.15) is 20.8 Å². The standard InChI is InChI=1S/C18H14ClN5OS/c1-9-3-2-4-11(19)14(9)15(25)16-17(20)24-18(26-16)23-10-5-6-12-13(7-10)22-8-21-12/h2-8H,20H2,1H3,(H,21,22)(H,23,24). The number of rotatable bonds is 4. The number of aryl methyl sites for hydroxylation is 1. The van der Waals surface area contributed by atoms with E-state index in [2.05, 4.69) is 20.3 Å². The Balaban J connectivity index is 1.65. The van der Waals surface area contributed by atoms with Crippen LogP contribution in [-0.2, 0) is 0 Å². The van der Waals surface area contributed by atoms with Gasteiger partial charge in [0.25, 0.3) is 0 Å². The molecular formula is C18H14ClN5OS. The number of aromatic nitrogens is 3. The number of carbonyl (C=O) groups is 1. The largest absolute Gasteiger partial charge is 0.382 e. The van der Waals surface area contributed by atoms with Gasteiger partial charge >= 0.3 is 0 Å². The van der Waals surface area contributed by atoms with Crippen molar-refractivity contribution in [2.45, 2.75) is 6.92 Å². The van der Waals surface area contributed by atoms with Gasteiger partial charge in [-0.1, -0.05) is 35.1 Å². The number of anilines is 3. The number of nitrogen functional groups attached to an aromatic ring is 1. The zero-order valence-corrected chi connectivity index (χ0v) is 15.3. The molecule has 0 aliphatic rings. The van der Waals surface area contributed by atoms with Crippen molar-refractivity contribution in [3.8, 4) is 0 Å². The van der Waals surface area contributed by atoms with E-state index in [1.807, 2.05) is 37.3 Å². The number of ketones is 1. The molecular weight excluding hydrogens is 370 g/mol. The van der Waals surface area contributed by atoms with Crippen LogP contribution in [0.4, 0.5) is 16.6 Å². The Bertz CT molecular complexity index is 1110. The zero-order valence-electron chi connectivity index (χ0n) is 13.7. The molecule has 8 heteroatoms. The molecule has 0 saturated carbocycles. The molecule has 0 saturated heterocycles. The normalized spacial score (nSPS) is 11.0. The molecule has 2 heterocycles. The second-order valence-corrected chi connectivity index (χ2v) is 7.16. The van der Waals surface area contributed by atoms with Gasteiger partial charge in [0.05, 0.1) is 22.4 Å². The van der Waals surface area contributed by atoms with Crippen LogP contribution in [0.25, 0.3) is 11.0 Å². The Morgan fingerprint density at radius 1 is 1.31 bits per heavy atom. The molecule has 2 aromatic carbocycles. The van der Waals surface area contributed by atoms with Crippen LogP contribution >= 0.6 is 22.9 Å². The summed E-state index contributed by atoms with van der Waals surface area (Å²) in [6, 6.07) is 11.0. The second-order valence-electron chi connectivity index (χ2n) is 5.75. The summed E-state index contributed by atoms with van der Waals surface area (Å²) in [7, 11) is 0. The first-order chi connectivity index (χ1) is 12.5. The van der Waals surface area contributed by atoms with E-state index in [-0.39, 0.29) is 11.6 Å². The number of nitrogens with one attached hydrogen (secondary N) is 2. The van der Waals surface area contributed by atoms with E-state index in [9.17, 15) is 4.79 Å². The van der Waals surface area contributed by atoms with Crippen molar-refractivity contribution >= 4 is 56.4 Å². The first-order valence-corrected chi connectivity index (χ1v) is 8.98. The number of benzene rings is 2. The molecule has 0 bridgehead atoms. The van der Waals surface area contributed by atoms with E-state index in [1.54, 1.807) is 12.4 Å². The predicted octanol–water partition coefficient (Wildman–Crippen LogP) is 4.54. The lowest BCUT2D eigenvalue weighted by Crippen LogP contribution is -2.05. The first kappa shape index (κ1) is 16.6. The quantitative estimate of drug-likeness (QED) is 0.449. The van der Waals surface area contributed by atoms with Gasteiger partial charge in [-0.05, 0) is 36.8 Å². The maximum Gasteiger partial charge on any atom is 0.208 e. The Hall–Kier alpha value is -2.90. The molecule has 0 spiro atoms. The molecule has 0 aliphatic heterocycles. The third kappa shape index (κ3) is 2.91. The number of nitrogens with zero attached hydrogens (tertiary/aromatic N) is 2.